The highest BCUT2D eigenvalue weighted by atomic mass is 32.2. The van der Waals surface area contributed by atoms with E-state index in [-0.39, 0.29) is 23.6 Å². The zero-order chi connectivity index (χ0) is 14.4. The number of nitrogens with zero attached hydrogens (tertiary/aromatic N) is 1. The molecule has 0 radical (unpaired) electrons. The molecule has 18 heavy (non-hydrogen) atoms. The number of rotatable bonds is 7. The highest BCUT2D eigenvalue weighted by Crippen LogP contribution is 2.25. The molecule has 5 heteroatoms. The molecule has 1 N–H and O–H groups in total. The number of hydrogen-bond donors (Lipinski definition) is 1. The van der Waals surface area contributed by atoms with E-state index in [9.17, 15) is 8.42 Å². The normalized spacial score (nSPS) is 14.5. The topological polar surface area (TPSA) is 70.0 Å². The van der Waals surface area contributed by atoms with Gasteiger partial charge in [-0.15, -0.1) is 0 Å². The van der Waals surface area contributed by atoms with Gasteiger partial charge < -0.3 is 0 Å². The maximum Gasteiger partial charge on any atom is 0.211 e. The van der Waals surface area contributed by atoms with Crippen molar-refractivity contribution >= 4 is 10.0 Å². The van der Waals surface area contributed by atoms with Gasteiger partial charge in [0.05, 0.1) is 11.8 Å². The first-order valence-corrected chi connectivity index (χ1v) is 8.10. The molecule has 106 valence electrons. The minimum absolute atomic E-state index is 0.0330. The molecule has 0 aliphatic carbocycles. The van der Waals surface area contributed by atoms with Crippen molar-refractivity contribution in [1.29, 1.82) is 5.26 Å². The molecule has 0 saturated heterocycles. The van der Waals surface area contributed by atoms with Gasteiger partial charge in [0.1, 0.15) is 0 Å². The van der Waals surface area contributed by atoms with E-state index in [1.807, 2.05) is 26.8 Å². The summed E-state index contributed by atoms with van der Waals surface area (Å²) in [7, 11) is -3.28. The van der Waals surface area contributed by atoms with Gasteiger partial charge in [0, 0.05) is 12.5 Å². The third-order valence-corrected chi connectivity index (χ3v) is 4.25. The van der Waals surface area contributed by atoms with Crippen molar-refractivity contribution in [3.63, 3.8) is 0 Å². The lowest BCUT2D eigenvalue weighted by Crippen LogP contribution is -2.45. The van der Waals surface area contributed by atoms with Crippen LogP contribution < -0.4 is 4.72 Å². The first-order chi connectivity index (χ1) is 8.08. The molecule has 0 saturated carbocycles. The van der Waals surface area contributed by atoms with E-state index in [0.717, 1.165) is 6.42 Å². The highest BCUT2D eigenvalue weighted by Gasteiger charge is 2.29. The van der Waals surface area contributed by atoms with E-state index < -0.39 is 10.0 Å². The Bertz CT molecular complexity index is 375. The molecule has 0 fully saturated rings. The van der Waals surface area contributed by atoms with E-state index in [0.29, 0.717) is 12.3 Å². The highest BCUT2D eigenvalue weighted by molar-refractivity contribution is 7.89. The van der Waals surface area contributed by atoms with E-state index in [2.05, 4.69) is 18.6 Å². The monoisotopic (exact) mass is 274 g/mol. The molecule has 0 aromatic rings. The van der Waals surface area contributed by atoms with Gasteiger partial charge in [0.2, 0.25) is 10.0 Å². The Morgan fingerprint density at radius 3 is 2.22 bits per heavy atom. The average Bonchev–Trinajstić information content (AvgIpc) is 2.14. The zero-order valence-corrected chi connectivity index (χ0v) is 13.0. The van der Waals surface area contributed by atoms with E-state index in [4.69, 9.17) is 5.26 Å². The van der Waals surface area contributed by atoms with Gasteiger partial charge in [-0.1, -0.05) is 34.6 Å². The van der Waals surface area contributed by atoms with Gasteiger partial charge >= 0.3 is 0 Å². The molecular weight excluding hydrogens is 248 g/mol. The summed E-state index contributed by atoms with van der Waals surface area (Å²) in [4.78, 5) is 0. The number of nitriles is 1. The Labute approximate surface area is 112 Å². The van der Waals surface area contributed by atoms with Crippen LogP contribution in [0.5, 0.6) is 0 Å². The Hall–Kier alpha value is -0.600. The second-order valence-electron chi connectivity index (χ2n) is 6.25. The molecule has 0 amide bonds. The Kier molecular flexibility index (Phi) is 6.87. The SMILES string of the molecule is CC(C)CC(NS(=O)(=O)CCCC#N)C(C)(C)C. The maximum atomic E-state index is 11.9. The molecular formula is C13H26N2O2S. The van der Waals surface area contributed by atoms with Crippen LogP contribution in [0.15, 0.2) is 0 Å². The Morgan fingerprint density at radius 1 is 1.28 bits per heavy atom. The fraction of sp³-hybridized carbons (Fsp3) is 0.923. The number of unbranched alkanes of at least 4 members (excludes halogenated alkanes) is 1. The minimum atomic E-state index is -3.28. The summed E-state index contributed by atoms with van der Waals surface area (Å²) in [5.41, 5.74) is -0.105. The standard InChI is InChI=1S/C13H26N2O2S/c1-11(2)10-12(13(3,4)5)15-18(16,17)9-7-6-8-14/h11-12,15H,6-7,9-10H2,1-5H3. The Morgan fingerprint density at radius 2 is 1.83 bits per heavy atom. The smallest absolute Gasteiger partial charge is 0.211 e. The number of nitrogens with one attached hydrogen (secondary N) is 1. The lowest BCUT2D eigenvalue weighted by atomic mass is 9.83. The third-order valence-electron chi connectivity index (χ3n) is 2.78. The predicted molar refractivity (Wildman–Crippen MR) is 74.5 cm³/mol. The largest absolute Gasteiger partial charge is 0.212 e. The second kappa shape index (κ2) is 7.10. The van der Waals surface area contributed by atoms with E-state index in [1.165, 1.54) is 0 Å². The molecule has 0 aliphatic rings. The molecule has 0 heterocycles. The summed E-state index contributed by atoms with van der Waals surface area (Å²) < 4.78 is 26.6. The van der Waals surface area contributed by atoms with Gasteiger partial charge in [-0.05, 0) is 24.2 Å². The van der Waals surface area contributed by atoms with Gasteiger partial charge in [-0.2, -0.15) is 5.26 Å². The van der Waals surface area contributed by atoms with Crippen LogP contribution in [0.1, 0.15) is 53.9 Å². The van der Waals surface area contributed by atoms with Crippen LogP contribution in [0.25, 0.3) is 0 Å². The third kappa shape index (κ3) is 7.67. The van der Waals surface area contributed by atoms with Crippen LogP contribution in [-0.4, -0.2) is 20.2 Å². The average molecular weight is 274 g/mol. The summed E-state index contributed by atoms with van der Waals surface area (Å²) in [6.07, 6.45) is 1.50. The molecule has 0 bridgehead atoms. The van der Waals surface area contributed by atoms with Crippen molar-refractivity contribution in [2.24, 2.45) is 11.3 Å². The van der Waals surface area contributed by atoms with Gasteiger partial charge in [0.25, 0.3) is 0 Å². The molecule has 4 nitrogen and oxygen atoms in total. The number of hydrogen-bond acceptors (Lipinski definition) is 3. The lowest BCUT2D eigenvalue weighted by Gasteiger charge is -2.32. The molecule has 0 rings (SSSR count). The van der Waals surface area contributed by atoms with Crippen LogP contribution in [0.2, 0.25) is 0 Å². The molecule has 0 aromatic heterocycles. The molecule has 0 aromatic carbocycles. The molecule has 1 atom stereocenters. The van der Waals surface area contributed by atoms with Crippen LogP contribution >= 0.6 is 0 Å². The maximum absolute atomic E-state index is 11.9. The van der Waals surface area contributed by atoms with Gasteiger partial charge in [-0.3, -0.25) is 0 Å². The molecule has 1 unspecified atom stereocenters. The summed E-state index contributed by atoms with van der Waals surface area (Å²) >= 11 is 0. The predicted octanol–water partition coefficient (Wildman–Crippen LogP) is 2.67. The zero-order valence-electron chi connectivity index (χ0n) is 12.2. The fourth-order valence-corrected chi connectivity index (χ4v) is 3.19. The van der Waals surface area contributed by atoms with Crippen molar-refractivity contribution in [3.05, 3.63) is 0 Å². The lowest BCUT2D eigenvalue weighted by molar-refractivity contribution is 0.262. The van der Waals surface area contributed by atoms with Crippen molar-refractivity contribution < 1.29 is 8.42 Å². The fourth-order valence-electron chi connectivity index (χ4n) is 1.67. The van der Waals surface area contributed by atoms with Crippen LogP contribution in [0.4, 0.5) is 0 Å². The summed E-state index contributed by atoms with van der Waals surface area (Å²) in [6, 6.07) is 1.90. The first kappa shape index (κ1) is 17.4. The molecule has 0 aliphatic heterocycles. The van der Waals surface area contributed by atoms with E-state index in [1.54, 1.807) is 0 Å². The van der Waals surface area contributed by atoms with Gasteiger partial charge in [-0.25, -0.2) is 13.1 Å². The Balaban J connectivity index is 4.62. The van der Waals surface area contributed by atoms with Crippen molar-refractivity contribution in [2.45, 2.75) is 59.9 Å². The minimum Gasteiger partial charge on any atom is -0.212 e. The summed E-state index contributed by atoms with van der Waals surface area (Å²) in [5, 5.41) is 8.43. The second-order valence-corrected chi connectivity index (χ2v) is 8.12. The first-order valence-electron chi connectivity index (χ1n) is 6.45. The summed E-state index contributed by atoms with van der Waals surface area (Å²) in [6.45, 7) is 10.3. The summed E-state index contributed by atoms with van der Waals surface area (Å²) in [5.74, 6) is 0.474. The van der Waals surface area contributed by atoms with E-state index >= 15 is 0 Å². The molecule has 0 spiro atoms. The number of sulfonamides is 1. The van der Waals surface area contributed by atoms with Crippen molar-refractivity contribution in [3.8, 4) is 6.07 Å². The van der Waals surface area contributed by atoms with Crippen molar-refractivity contribution in [2.75, 3.05) is 5.75 Å². The van der Waals surface area contributed by atoms with Crippen LogP contribution in [0, 0.1) is 22.7 Å². The van der Waals surface area contributed by atoms with Crippen molar-refractivity contribution in [1.82, 2.24) is 4.72 Å². The van der Waals surface area contributed by atoms with Gasteiger partial charge in [0.15, 0.2) is 0 Å². The van der Waals surface area contributed by atoms with Crippen LogP contribution in [0.3, 0.4) is 0 Å². The quantitative estimate of drug-likeness (QED) is 0.726. The van der Waals surface area contributed by atoms with Crippen LogP contribution in [-0.2, 0) is 10.0 Å².